The van der Waals surface area contributed by atoms with Crippen LogP contribution in [0, 0.1) is 0 Å². The minimum Gasteiger partial charge on any atom is -0.463 e. The number of piperazine rings is 1. The van der Waals surface area contributed by atoms with Gasteiger partial charge >= 0.3 is 0 Å². The number of fused-ring (bicyclic) bond motifs is 1. The number of carbonyl (C=O) groups excluding carboxylic acids is 2. The molecule has 0 aromatic carbocycles. The first-order valence-electron chi connectivity index (χ1n) is 10.6. The summed E-state index contributed by atoms with van der Waals surface area (Å²) in [5, 5.41) is 5.50. The highest BCUT2D eigenvalue weighted by Gasteiger charge is 2.29. The molecule has 2 N–H and O–H groups in total. The number of ether oxygens (including phenoxy) is 1. The second-order valence-electron chi connectivity index (χ2n) is 7.81. The van der Waals surface area contributed by atoms with Gasteiger partial charge in [0.2, 0.25) is 5.88 Å². The predicted octanol–water partition coefficient (Wildman–Crippen LogP) is 1.83. The number of hydrogen-bond donors (Lipinski definition) is 2. The normalized spacial score (nSPS) is 19.8. The van der Waals surface area contributed by atoms with Crippen molar-refractivity contribution in [3.8, 4) is 5.88 Å². The van der Waals surface area contributed by atoms with E-state index >= 15 is 0 Å². The molecule has 0 radical (unpaired) electrons. The van der Waals surface area contributed by atoms with Crippen LogP contribution in [-0.2, 0) is 4.79 Å². The van der Waals surface area contributed by atoms with E-state index < -0.39 is 6.10 Å². The summed E-state index contributed by atoms with van der Waals surface area (Å²) in [7, 11) is 1.60. The summed E-state index contributed by atoms with van der Waals surface area (Å²) >= 11 is 0. The molecule has 0 bridgehead atoms. The van der Waals surface area contributed by atoms with E-state index in [1.165, 1.54) is 0 Å². The van der Waals surface area contributed by atoms with Crippen molar-refractivity contribution < 1.29 is 14.3 Å². The summed E-state index contributed by atoms with van der Waals surface area (Å²) in [6, 6.07) is 5.82. The Kier molecular flexibility index (Phi) is 6.03. The molecule has 2 aromatic rings. The SMILES string of the molecule is CC[C@H]1Oc2ncc(C(C)N3CCN(c4ccc(C(=O)NC)nc4)CC3)cc2NC1=O. The number of anilines is 2. The van der Waals surface area contributed by atoms with Gasteiger partial charge in [0.1, 0.15) is 11.4 Å². The van der Waals surface area contributed by atoms with Crippen LogP contribution in [0.1, 0.15) is 42.4 Å². The molecule has 4 rings (SSSR count). The molecular weight excluding hydrogens is 396 g/mol. The van der Waals surface area contributed by atoms with E-state index in [4.69, 9.17) is 4.74 Å². The standard InChI is InChI=1S/C22H28N6O3/c1-4-19-21(30)26-18-11-15(12-25-22(18)31-19)14(2)27-7-9-28(10-8-27)16-5-6-17(24-13-16)20(29)23-3/h5-6,11-14,19H,4,7-10H2,1-3H3,(H,23,29)(H,26,30)/t14?,19-/m1/s1. The highest BCUT2D eigenvalue weighted by Crippen LogP contribution is 2.32. The van der Waals surface area contributed by atoms with Gasteiger partial charge in [0.05, 0.1) is 11.9 Å². The third-order valence-electron chi connectivity index (χ3n) is 5.96. The van der Waals surface area contributed by atoms with E-state index in [0.29, 0.717) is 23.7 Å². The van der Waals surface area contributed by atoms with Gasteiger partial charge in [0, 0.05) is 45.5 Å². The van der Waals surface area contributed by atoms with Crippen LogP contribution >= 0.6 is 0 Å². The molecule has 2 atom stereocenters. The molecule has 0 spiro atoms. The van der Waals surface area contributed by atoms with Crippen molar-refractivity contribution in [3.63, 3.8) is 0 Å². The van der Waals surface area contributed by atoms with Gasteiger partial charge in [-0.2, -0.15) is 0 Å². The largest absolute Gasteiger partial charge is 0.463 e. The second kappa shape index (κ2) is 8.89. The lowest BCUT2D eigenvalue weighted by Crippen LogP contribution is -2.47. The zero-order valence-electron chi connectivity index (χ0n) is 18.1. The summed E-state index contributed by atoms with van der Waals surface area (Å²) in [6.07, 6.45) is 3.72. The smallest absolute Gasteiger partial charge is 0.269 e. The van der Waals surface area contributed by atoms with Gasteiger partial charge < -0.3 is 20.3 Å². The van der Waals surface area contributed by atoms with Crippen LogP contribution in [0.3, 0.4) is 0 Å². The summed E-state index contributed by atoms with van der Waals surface area (Å²) in [5.74, 6) is 0.182. The lowest BCUT2D eigenvalue weighted by Gasteiger charge is -2.39. The lowest BCUT2D eigenvalue weighted by atomic mass is 10.1. The molecule has 2 aliphatic heterocycles. The molecule has 0 aliphatic carbocycles. The summed E-state index contributed by atoms with van der Waals surface area (Å²) in [4.78, 5) is 37.1. The summed E-state index contributed by atoms with van der Waals surface area (Å²) in [5.41, 5.74) is 3.11. The average molecular weight is 425 g/mol. The number of pyridine rings is 2. The monoisotopic (exact) mass is 424 g/mol. The topological polar surface area (TPSA) is 99.7 Å². The Morgan fingerprint density at radius 1 is 1.26 bits per heavy atom. The van der Waals surface area contributed by atoms with E-state index in [-0.39, 0.29) is 17.9 Å². The average Bonchev–Trinajstić information content (AvgIpc) is 2.82. The van der Waals surface area contributed by atoms with Gasteiger partial charge in [-0.3, -0.25) is 14.5 Å². The van der Waals surface area contributed by atoms with E-state index in [2.05, 4.69) is 37.3 Å². The molecule has 2 aromatic heterocycles. The number of nitrogens with zero attached hydrogens (tertiary/aromatic N) is 4. The Morgan fingerprint density at radius 2 is 2.03 bits per heavy atom. The minimum absolute atomic E-state index is 0.119. The van der Waals surface area contributed by atoms with Gasteiger partial charge in [-0.05, 0) is 37.1 Å². The third kappa shape index (κ3) is 4.32. The first-order valence-corrected chi connectivity index (χ1v) is 10.6. The van der Waals surface area contributed by atoms with E-state index in [1.54, 1.807) is 19.3 Å². The maximum atomic E-state index is 12.1. The van der Waals surface area contributed by atoms with Crippen molar-refractivity contribution in [1.82, 2.24) is 20.2 Å². The molecule has 164 valence electrons. The highest BCUT2D eigenvalue weighted by molar-refractivity contribution is 5.97. The molecule has 2 amide bonds. The van der Waals surface area contributed by atoms with Crippen molar-refractivity contribution in [2.75, 3.05) is 43.4 Å². The molecule has 0 saturated carbocycles. The summed E-state index contributed by atoms with van der Waals surface area (Å²) in [6.45, 7) is 7.56. The van der Waals surface area contributed by atoms with Crippen LogP contribution in [0.25, 0.3) is 0 Å². The van der Waals surface area contributed by atoms with Crippen molar-refractivity contribution in [1.29, 1.82) is 0 Å². The van der Waals surface area contributed by atoms with Gasteiger partial charge in [-0.1, -0.05) is 6.92 Å². The van der Waals surface area contributed by atoms with Crippen LogP contribution in [0.2, 0.25) is 0 Å². The Balaban J connectivity index is 1.38. The summed E-state index contributed by atoms with van der Waals surface area (Å²) < 4.78 is 5.69. The van der Waals surface area contributed by atoms with Crippen LogP contribution in [-0.4, -0.2) is 66.0 Å². The highest BCUT2D eigenvalue weighted by atomic mass is 16.5. The maximum absolute atomic E-state index is 12.1. The fraction of sp³-hybridized carbons (Fsp3) is 0.455. The Bertz CT molecular complexity index is 956. The molecule has 31 heavy (non-hydrogen) atoms. The second-order valence-corrected chi connectivity index (χ2v) is 7.81. The number of amides is 2. The zero-order chi connectivity index (χ0) is 22.0. The number of nitrogens with one attached hydrogen (secondary N) is 2. The first kappa shape index (κ1) is 21.0. The van der Waals surface area contributed by atoms with Crippen LogP contribution in [0.4, 0.5) is 11.4 Å². The van der Waals surface area contributed by atoms with Gasteiger partial charge in [0.15, 0.2) is 6.10 Å². The van der Waals surface area contributed by atoms with Crippen LogP contribution < -0.4 is 20.3 Å². The Labute approximate surface area is 181 Å². The van der Waals surface area contributed by atoms with Crippen molar-refractivity contribution >= 4 is 23.2 Å². The number of aromatic nitrogens is 2. The fourth-order valence-electron chi connectivity index (χ4n) is 3.96. The van der Waals surface area contributed by atoms with Gasteiger partial charge in [-0.25, -0.2) is 9.97 Å². The Hall–Kier alpha value is -3.20. The molecule has 9 heteroatoms. The zero-order valence-corrected chi connectivity index (χ0v) is 18.1. The third-order valence-corrected chi connectivity index (χ3v) is 5.96. The maximum Gasteiger partial charge on any atom is 0.269 e. The molecule has 1 saturated heterocycles. The first-order chi connectivity index (χ1) is 15.0. The van der Waals surface area contributed by atoms with Crippen molar-refractivity contribution in [2.45, 2.75) is 32.4 Å². The van der Waals surface area contributed by atoms with Crippen LogP contribution in [0.5, 0.6) is 5.88 Å². The van der Waals surface area contributed by atoms with E-state index in [1.807, 2.05) is 25.3 Å². The number of rotatable bonds is 5. The Morgan fingerprint density at radius 3 is 2.68 bits per heavy atom. The van der Waals surface area contributed by atoms with Crippen molar-refractivity contribution in [3.05, 3.63) is 41.9 Å². The van der Waals surface area contributed by atoms with Gasteiger partial charge in [-0.15, -0.1) is 0 Å². The van der Waals surface area contributed by atoms with Crippen molar-refractivity contribution in [2.24, 2.45) is 0 Å². The molecule has 4 heterocycles. The predicted molar refractivity (Wildman–Crippen MR) is 117 cm³/mol. The molecule has 1 fully saturated rings. The van der Waals surface area contributed by atoms with Gasteiger partial charge in [0.25, 0.3) is 11.8 Å². The number of hydrogen-bond acceptors (Lipinski definition) is 7. The van der Waals surface area contributed by atoms with E-state index in [9.17, 15) is 9.59 Å². The molecular formula is C22H28N6O3. The molecule has 2 aliphatic rings. The van der Waals surface area contributed by atoms with Crippen LogP contribution in [0.15, 0.2) is 30.6 Å². The molecule has 9 nitrogen and oxygen atoms in total. The minimum atomic E-state index is -0.476. The quantitative estimate of drug-likeness (QED) is 0.755. The van der Waals surface area contributed by atoms with E-state index in [0.717, 1.165) is 37.4 Å². The molecule has 1 unspecified atom stereocenters. The fourth-order valence-corrected chi connectivity index (χ4v) is 3.96. The number of carbonyl (C=O) groups is 2. The lowest BCUT2D eigenvalue weighted by molar-refractivity contribution is -0.123.